The lowest BCUT2D eigenvalue weighted by Crippen LogP contribution is -2.24. The lowest BCUT2D eigenvalue weighted by molar-refractivity contribution is -0.144. The zero-order chi connectivity index (χ0) is 18.9. The van der Waals surface area contributed by atoms with Gasteiger partial charge in [0.1, 0.15) is 11.5 Å². The van der Waals surface area contributed by atoms with Gasteiger partial charge in [-0.3, -0.25) is 4.79 Å². The van der Waals surface area contributed by atoms with Gasteiger partial charge in [-0.25, -0.2) is 10.2 Å². The number of hydrogen-bond donors (Lipinski definition) is 2. The molecule has 2 aromatic carbocycles. The minimum Gasteiger partial charge on any atom is -0.484 e. The molecule has 0 aliphatic rings. The third-order valence-corrected chi connectivity index (χ3v) is 3.60. The van der Waals surface area contributed by atoms with Crippen molar-refractivity contribution in [1.29, 1.82) is 0 Å². The summed E-state index contributed by atoms with van der Waals surface area (Å²) in [7, 11) is 0. The standard InChI is InChI=1S/C18H17BrN2O5/c1-12(18(23)24)26-15-7-5-13(6-8-15)10-20-21-17(22)11-25-16-4-2-3-14(19)9-16/h2-10,12H,11H2,1H3,(H,21,22)(H,23,24)/b20-10+/t12-/m0/s1. The molecule has 7 nitrogen and oxygen atoms in total. The smallest absolute Gasteiger partial charge is 0.344 e. The van der Waals surface area contributed by atoms with Crippen LogP contribution in [-0.4, -0.2) is 35.9 Å². The summed E-state index contributed by atoms with van der Waals surface area (Å²) in [6.45, 7) is 1.29. The Bertz CT molecular complexity index is 792. The van der Waals surface area contributed by atoms with Gasteiger partial charge in [0.05, 0.1) is 6.21 Å². The number of rotatable bonds is 8. The second-order valence-electron chi connectivity index (χ2n) is 5.21. The van der Waals surface area contributed by atoms with Gasteiger partial charge < -0.3 is 14.6 Å². The van der Waals surface area contributed by atoms with Gasteiger partial charge in [0, 0.05) is 4.47 Å². The number of hydrazone groups is 1. The molecule has 1 amide bonds. The molecule has 0 heterocycles. The normalized spacial score (nSPS) is 11.8. The van der Waals surface area contributed by atoms with Gasteiger partial charge >= 0.3 is 5.97 Å². The van der Waals surface area contributed by atoms with E-state index in [-0.39, 0.29) is 6.61 Å². The molecule has 0 bridgehead atoms. The molecule has 0 saturated heterocycles. The minimum atomic E-state index is -1.04. The molecule has 0 radical (unpaired) electrons. The number of aliphatic carboxylic acids is 1. The number of carbonyl (C=O) groups excluding carboxylic acids is 1. The topological polar surface area (TPSA) is 97.2 Å². The van der Waals surface area contributed by atoms with Crippen molar-refractivity contribution in [2.24, 2.45) is 5.10 Å². The number of hydrogen-bond acceptors (Lipinski definition) is 5. The molecule has 26 heavy (non-hydrogen) atoms. The maximum absolute atomic E-state index is 11.7. The van der Waals surface area contributed by atoms with Crippen molar-refractivity contribution in [3.05, 3.63) is 58.6 Å². The fourth-order valence-corrected chi connectivity index (χ4v) is 2.18. The predicted octanol–water partition coefficient (Wildman–Crippen LogP) is 2.83. The van der Waals surface area contributed by atoms with E-state index in [2.05, 4.69) is 26.5 Å². The van der Waals surface area contributed by atoms with Crippen LogP contribution >= 0.6 is 15.9 Å². The summed E-state index contributed by atoms with van der Waals surface area (Å²) in [6, 6.07) is 13.8. The number of carboxylic acids is 1. The fraction of sp³-hybridized carbons (Fsp3) is 0.167. The first kappa shape index (κ1) is 19.5. The SMILES string of the molecule is C[C@H](Oc1ccc(/C=N/NC(=O)COc2cccc(Br)c2)cc1)C(=O)O. The molecule has 2 N–H and O–H groups in total. The van der Waals surface area contributed by atoms with Crippen LogP contribution in [0.5, 0.6) is 11.5 Å². The van der Waals surface area contributed by atoms with E-state index in [9.17, 15) is 9.59 Å². The number of nitrogens with zero attached hydrogens (tertiary/aromatic N) is 1. The zero-order valence-corrected chi connectivity index (χ0v) is 15.5. The number of amides is 1. The summed E-state index contributed by atoms with van der Waals surface area (Å²) in [5, 5.41) is 12.6. The summed E-state index contributed by atoms with van der Waals surface area (Å²) in [5.41, 5.74) is 3.08. The second-order valence-corrected chi connectivity index (χ2v) is 6.12. The number of halogens is 1. The highest BCUT2D eigenvalue weighted by molar-refractivity contribution is 9.10. The van der Waals surface area contributed by atoms with Gasteiger partial charge in [0.2, 0.25) is 0 Å². The van der Waals surface area contributed by atoms with Crippen LogP contribution in [0, 0.1) is 0 Å². The van der Waals surface area contributed by atoms with E-state index in [1.54, 1.807) is 42.5 Å². The monoisotopic (exact) mass is 420 g/mol. The zero-order valence-electron chi connectivity index (χ0n) is 13.9. The van der Waals surface area contributed by atoms with Gasteiger partial charge in [-0.15, -0.1) is 0 Å². The lowest BCUT2D eigenvalue weighted by atomic mass is 10.2. The molecule has 0 spiro atoms. The Morgan fingerprint density at radius 3 is 2.62 bits per heavy atom. The molecule has 0 aliphatic carbocycles. The van der Waals surface area contributed by atoms with Crippen molar-refractivity contribution in [2.75, 3.05) is 6.61 Å². The maximum Gasteiger partial charge on any atom is 0.344 e. The second kappa shape index (κ2) is 9.57. The van der Waals surface area contributed by atoms with Gasteiger partial charge in [-0.1, -0.05) is 22.0 Å². The largest absolute Gasteiger partial charge is 0.484 e. The Morgan fingerprint density at radius 2 is 1.96 bits per heavy atom. The van der Waals surface area contributed by atoms with Crippen molar-refractivity contribution < 1.29 is 24.2 Å². The number of benzene rings is 2. The summed E-state index contributed by atoms with van der Waals surface area (Å²) in [4.78, 5) is 22.4. The highest BCUT2D eigenvalue weighted by Gasteiger charge is 2.11. The number of ether oxygens (including phenoxy) is 2. The molecule has 8 heteroatoms. The molecular weight excluding hydrogens is 404 g/mol. The molecule has 2 rings (SSSR count). The van der Waals surface area contributed by atoms with Gasteiger partial charge in [0.25, 0.3) is 5.91 Å². The van der Waals surface area contributed by atoms with Gasteiger partial charge in [-0.2, -0.15) is 5.10 Å². The summed E-state index contributed by atoms with van der Waals surface area (Å²) >= 11 is 3.32. The highest BCUT2D eigenvalue weighted by Crippen LogP contribution is 2.17. The van der Waals surface area contributed by atoms with E-state index >= 15 is 0 Å². The van der Waals surface area contributed by atoms with Crippen LogP contribution in [0.25, 0.3) is 0 Å². The van der Waals surface area contributed by atoms with Crippen molar-refractivity contribution in [3.63, 3.8) is 0 Å². The van der Waals surface area contributed by atoms with Crippen LogP contribution in [0.1, 0.15) is 12.5 Å². The van der Waals surface area contributed by atoms with Crippen LogP contribution in [0.3, 0.4) is 0 Å². The summed E-state index contributed by atoms with van der Waals surface area (Å²) in [5.74, 6) is -0.423. The van der Waals surface area contributed by atoms with Gasteiger partial charge in [0.15, 0.2) is 12.7 Å². The predicted molar refractivity (Wildman–Crippen MR) is 99.5 cm³/mol. The van der Waals surface area contributed by atoms with Crippen molar-refractivity contribution in [1.82, 2.24) is 5.43 Å². The van der Waals surface area contributed by atoms with E-state index in [4.69, 9.17) is 14.6 Å². The molecular formula is C18H17BrN2O5. The molecule has 1 atom stereocenters. The Morgan fingerprint density at radius 1 is 1.23 bits per heavy atom. The molecule has 0 aliphatic heterocycles. The third-order valence-electron chi connectivity index (χ3n) is 3.11. The molecule has 2 aromatic rings. The molecule has 0 fully saturated rings. The molecule has 0 saturated carbocycles. The summed E-state index contributed by atoms with van der Waals surface area (Å²) in [6.07, 6.45) is 0.528. The Balaban J connectivity index is 1.78. The number of carboxylic acid groups (broad SMARTS) is 1. The van der Waals surface area contributed by atoms with Gasteiger partial charge in [-0.05, 0) is 55.0 Å². The van der Waals surface area contributed by atoms with Crippen LogP contribution in [-0.2, 0) is 9.59 Å². The van der Waals surface area contributed by atoms with E-state index < -0.39 is 18.0 Å². The number of carbonyl (C=O) groups is 2. The van der Waals surface area contributed by atoms with Crippen molar-refractivity contribution in [2.45, 2.75) is 13.0 Å². The maximum atomic E-state index is 11.7. The average molecular weight is 421 g/mol. The summed E-state index contributed by atoms with van der Waals surface area (Å²) < 4.78 is 11.4. The number of nitrogens with one attached hydrogen (secondary N) is 1. The highest BCUT2D eigenvalue weighted by atomic mass is 79.9. The van der Waals surface area contributed by atoms with Crippen LogP contribution < -0.4 is 14.9 Å². The van der Waals surface area contributed by atoms with Crippen LogP contribution in [0.2, 0.25) is 0 Å². The molecule has 136 valence electrons. The van der Waals surface area contributed by atoms with Crippen LogP contribution in [0.4, 0.5) is 0 Å². The molecule has 0 unspecified atom stereocenters. The fourth-order valence-electron chi connectivity index (χ4n) is 1.80. The van der Waals surface area contributed by atoms with Crippen molar-refractivity contribution >= 4 is 34.0 Å². The Kier molecular flexibility index (Phi) is 7.16. The molecule has 0 aromatic heterocycles. The first-order valence-corrected chi connectivity index (χ1v) is 8.43. The Hall–Kier alpha value is -2.87. The average Bonchev–Trinajstić information content (AvgIpc) is 2.61. The van der Waals surface area contributed by atoms with E-state index in [0.717, 1.165) is 4.47 Å². The van der Waals surface area contributed by atoms with Crippen molar-refractivity contribution in [3.8, 4) is 11.5 Å². The first-order valence-electron chi connectivity index (χ1n) is 7.64. The first-order chi connectivity index (χ1) is 12.4. The van der Waals surface area contributed by atoms with Crippen LogP contribution in [0.15, 0.2) is 58.1 Å². The Labute approximate surface area is 158 Å². The quantitative estimate of drug-likeness (QED) is 0.505. The lowest BCUT2D eigenvalue weighted by Gasteiger charge is -2.09. The minimum absolute atomic E-state index is 0.159. The van der Waals surface area contributed by atoms with E-state index in [0.29, 0.717) is 17.1 Å². The van der Waals surface area contributed by atoms with E-state index in [1.807, 2.05) is 6.07 Å². The third kappa shape index (κ3) is 6.56. The van der Waals surface area contributed by atoms with E-state index in [1.165, 1.54) is 13.1 Å².